The molecular weight excluding hydrogens is 220 g/mol. The fraction of sp³-hybridized carbons (Fsp3) is 0.636. The Hall–Kier alpha value is -1.56. The van der Waals surface area contributed by atoms with Crippen molar-refractivity contribution in [2.75, 3.05) is 18.8 Å². The molecule has 6 heteroatoms. The molecule has 1 aliphatic heterocycles. The van der Waals surface area contributed by atoms with Gasteiger partial charge in [-0.3, -0.25) is 9.48 Å². The Morgan fingerprint density at radius 2 is 2.18 bits per heavy atom. The lowest BCUT2D eigenvalue weighted by atomic mass is 9.96. The first-order valence-electron chi connectivity index (χ1n) is 5.68. The maximum Gasteiger partial charge on any atom is 0.274 e. The van der Waals surface area contributed by atoms with Gasteiger partial charge >= 0.3 is 0 Å². The van der Waals surface area contributed by atoms with Crippen molar-refractivity contribution in [1.29, 1.82) is 0 Å². The van der Waals surface area contributed by atoms with E-state index in [0.717, 1.165) is 5.69 Å². The van der Waals surface area contributed by atoms with Gasteiger partial charge < -0.3 is 15.7 Å². The number of nitrogen functional groups attached to an aromatic ring is 1. The number of nitrogens with zero attached hydrogens (tertiary/aromatic N) is 3. The van der Waals surface area contributed by atoms with Crippen LogP contribution in [0.1, 0.15) is 30.0 Å². The lowest BCUT2D eigenvalue weighted by Gasteiger charge is -2.44. The highest BCUT2D eigenvalue weighted by atomic mass is 16.3. The van der Waals surface area contributed by atoms with Crippen molar-refractivity contribution in [3.63, 3.8) is 0 Å². The average Bonchev–Trinajstić information content (AvgIpc) is 2.49. The molecule has 0 aromatic carbocycles. The third-order valence-corrected chi connectivity index (χ3v) is 3.05. The Labute approximate surface area is 100 Å². The predicted octanol–water partition coefficient (Wildman–Crippen LogP) is -0.228. The summed E-state index contributed by atoms with van der Waals surface area (Å²) in [4.78, 5) is 13.7. The molecule has 0 radical (unpaired) electrons. The van der Waals surface area contributed by atoms with Crippen molar-refractivity contribution < 1.29 is 9.90 Å². The molecule has 2 heterocycles. The molecule has 0 atom stereocenters. The molecule has 94 valence electrons. The molecule has 1 saturated heterocycles. The van der Waals surface area contributed by atoms with Gasteiger partial charge in [-0.2, -0.15) is 5.10 Å². The first-order valence-corrected chi connectivity index (χ1v) is 5.68. The molecule has 1 fully saturated rings. The Morgan fingerprint density at radius 1 is 1.59 bits per heavy atom. The lowest BCUT2D eigenvalue weighted by molar-refractivity contribution is -0.0672. The van der Waals surface area contributed by atoms with Crippen molar-refractivity contribution in [3.05, 3.63) is 11.4 Å². The first-order chi connectivity index (χ1) is 7.85. The summed E-state index contributed by atoms with van der Waals surface area (Å²) in [6, 6.07) is 0. The molecule has 6 nitrogen and oxygen atoms in total. The summed E-state index contributed by atoms with van der Waals surface area (Å²) in [5.41, 5.74) is 6.74. The van der Waals surface area contributed by atoms with Gasteiger partial charge in [-0.1, -0.05) is 6.92 Å². The number of hydrogen-bond acceptors (Lipinski definition) is 4. The van der Waals surface area contributed by atoms with Crippen molar-refractivity contribution in [1.82, 2.24) is 14.7 Å². The largest absolute Gasteiger partial charge is 0.395 e. The van der Waals surface area contributed by atoms with E-state index in [9.17, 15) is 9.90 Å². The molecule has 1 aromatic heterocycles. The fourth-order valence-corrected chi connectivity index (χ4v) is 2.18. The summed E-state index contributed by atoms with van der Waals surface area (Å²) in [5, 5.41) is 13.8. The van der Waals surface area contributed by atoms with E-state index in [-0.39, 0.29) is 5.91 Å². The van der Waals surface area contributed by atoms with Gasteiger partial charge in [0.1, 0.15) is 5.69 Å². The summed E-state index contributed by atoms with van der Waals surface area (Å²) >= 11 is 0. The van der Waals surface area contributed by atoms with Crippen LogP contribution >= 0.6 is 0 Å². The number of aromatic nitrogens is 2. The second kappa shape index (κ2) is 3.73. The molecule has 1 aliphatic rings. The van der Waals surface area contributed by atoms with Crippen molar-refractivity contribution >= 4 is 11.6 Å². The monoisotopic (exact) mass is 238 g/mol. The molecule has 1 aromatic rings. The summed E-state index contributed by atoms with van der Waals surface area (Å²) in [6.45, 7) is 4.35. The quantitative estimate of drug-likeness (QED) is 0.745. The molecule has 0 unspecified atom stereocenters. The Morgan fingerprint density at radius 3 is 2.59 bits per heavy atom. The zero-order valence-corrected chi connectivity index (χ0v) is 10.4. The van der Waals surface area contributed by atoms with Crippen LogP contribution in [0.25, 0.3) is 0 Å². The van der Waals surface area contributed by atoms with Crippen LogP contribution in [0, 0.1) is 0 Å². The van der Waals surface area contributed by atoms with Crippen LogP contribution in [0.3, 0.4) is 0 Å². The number of hydrogen-bond donors (Lipinski definition) is 2. The van der Waals surface area contributed by atoms with Crippen molar-refractivity contribution in [3.8, 4) is 0 Å². The van der Waals surface area contributed by atoms with Gasteiger partial charge in [0.05, 0.1) is 30.1 Å². The highest BCUT2D eigenvalue weighted by molar-refractivity contribution is 5.98. The van der Waals surface area contributed by atoms with Gasteiger partial charge in [0.15, 0.2) is 0 Å². The average molecular weight is 238 g/mol. The maximum atomic E-state index is 12.2. The zero-order chi connectivity index (χ0) is 12.8. The molecule has 0 spiro atoms. The van der Waals surface area contributed by atoms with Gasteiger partial charge in [0.2, 0.25) is 0 Å². The minimum atomic E-state index is -0.767. The van der Waals surface area contributed by atoms with Gasteiger partial charge in [-0.25, -0.2) is 0 Å². The molecule has 3 N–H and O–H groups in total. The molecule has 17 heavy (non-hydrogen) atoms. The number of aryl methyl sites for hydroxylation is 2. The number of β-amino-alcohol motifs (C(OH)–C–C–N with tert-alkyl or cyclic N) is 1. The predicted molar refractivity (Wildman–Crippen MR) is 63.5 cm³/mol. The minimum Gasteiger partial charge on any atom is -0.395 e. The normalized spacial score (nSPS) is 18.0. The highest BCUT2D eigenvalue weighted by Crippen LogP contribution is 2.25. The van der Waals surface area contributed by atoms with Gasteiger partial charge in [-0.15, -0.1) is 0 Å². The molecule has 0 saturated carbocycles. The minimum absolute atomic E-state index is 0.163. The Balaban J connectivity index is 2.23. The van der Waals surface area contributed by atoms with Crippen LogP contribution in [0.5, 0.6) is 0 Å². The zero-order valence-electron chi connectivity index (χ0n) is 10.4. The number of carbonyl (C=O) groups excluding carboxylic acids is 1. The highest BCUT2D eigenvalue weighted by Gasteiger charge is 2.41. The van der Waals surface area contributed by atoms with E-state index in [2.05, 4.69) is 5.10 Å². The van der Waals surface area contributed by atoms with Crippen LogP contribution in [0.4, 0.5) is 5.69 Å². The summed E-state index contributed by atoms with van der Waals surface area (Å²) < 4.78 is 1.52. The molecule has 1 amide bonds. The van der Waals surface area contributed by atoms with Gasteiger partial charge in [0.25, 0.3) is 5.91 Å². The second-order valence-corrected chi connectivity index (χ2v) is 4.84. The van der Waals surface area contributed by atoms with E-state index in [0.29, 0.717) is 30.9 Å². The van der Waals surface area contributed by atoms with E-state index in [1.54, 1.807) is 18.9 Å². The van der Waals surface area contributed by atoms with Crippen LogP contribution in [0.15, 0.2) is 0 Å². The SMILES string of the molecule is CCc1nn(C)c(C(=O)N2CC(C)(O)C2)c1N. The Kier molecular flexibility index (Phi) is 2.61. The second-order valence-electron chi connectivity index (χ2n) is 4.84. The Bertz CT molecular complexity index is 456. The standard InChI is InChI=1S/C11H18N4O2/c1-4-7-8(12)9(14(3)13-7)10(16)15-5-11(2,17)6-15/h17H,4-6,12H2,1-3H3. The van der Waals surface area contributed by atoms with E-state index < -0.39 is 5.60 Å². The van der Waals surface area contributed by atoms with E-state index in [4.69, 9.17) is 5.73 Å². The van der Waals surface area contributed by atoms with Gasteiger partial charge in [0, 0.05) is 7.05 Å². The van der Waals surface area contributed by atoms with Crippen LogP contribution in [-0.4, -0.2) is 44.4 Å². The van der Waals surface area contributed by atoms with Crippen LogP contribution in [0.2, 0.25) is 0 Å². The molecule has 2 rings (SSSR count). The van der Waals surface area contributed by atoms with Crippen LogP contribution < -0.4 is 5.73 Å². The van der Waals surface area contributed by atoms with Gasteiger partial charge in [-0.05, 0) is 13.3 Å². The van der Waals surface area contributed by atoms with E-state index in [1.165, 1.54) is 4.68 Å². The van der Waals surface area contributed by atoms with E-state index >= 15 is 0 Å². The third-order valence-electron chi connectivity index (χ3n) is 3.05. The smallest absolute Gasteiger partial charge is 0.274 e. The summed E-state index contributed by atoms with van der Waals surface area (Å²) in [7, 11) is 1.71. The molecule has 0 aliphatic carbocycles. The number of anilines is 1. The number of rotatable bonds is 2. The molecular formula is C11H18N4O2. The van der Waals surface area contributed by atoms with Crippen LogP contribution in [-0.2, 0) is 13.5 Å². The number of amides is 1. The molecule has 0 bridgehead atoms. The number of carbonyl (C=O) groups is 1. The number of aliphatic hydroxyl groups is 1. The number of likely N-dealkylation sites (tertiary alicyclic amines) is 1. The van der Waals surface area contributed by atoms with Crippen molar-refractivity contribution in [2.24, 2.45) is 7.05 Å². The van der Waals surface area contributed by atoms with E-state index in [1.807, 2.05) is 6.92 Å². The van der Waals surface area contributed by atoms with Crippen molar-refractivity contribution in [2.45, 2.75) is 25.9 Å². The number of nitrogens with two attached hydrogens (primary N) is 1. The summed E-state index contributed by atoms with van der Waals surface area (Å²) in [5.74, 6) is -0.163. The first kappa shape index (κ1) is 11.9. The topological polar surface area (TPSA) is 84.4 Å². The lowest BCUT2D eigenvalue weighted by Crippen LogP contribution is -2.61. The maximum absolute atomic E-state index is 12.2. The summed E-state index contributed by atoms with van der Waals surface area (Å²) in [6.07, 6.45) is 0.699. The third kappa shape index (κ3) is 1.88. The fourth-order valence-electron chi connectivity index (χ4n) is 2.18.